The Hall–Kier alpha value is -1.00. The fraction of sp³-hybridized carbons (Fsp3) is 0.647. The molecule has 3 unspecified atom stereocenters. The van der Waals surface area contributed by atoms with Crippen LogP contribution in [0.4, 0.5) is 8.78 Å². The van der Waals surface area contributed by atoms with Gasteiger partial charge in [-0.15, -0.1) is 0 Å². The predicted octanol–water partition coefficient (Wildman–Crippen LogP) is 4.20. The topological polar surface area (TPSA) is 35.2 Å². The number of benzene rings is 1. The van der Waals surface area contributed by atoms with Crippen molar-refractivity contribution in [2.24, 2.45) is 17.1 Å². The maximum atomic E-state index is 13.7. The lowest BCUT2D eigenvalue weighted by molar-refractivity contribution is -0.0281. The van der Waals surface area contributed by atoms with Crippen LogP contribution in [0.1, 0.15) is 51.6 Å². The minimum Gasteiger partial charge on any atom is -0.376 e. The molecule has 1 fully saturated rings. The second-order valence-corrected chi connectivity index (χ2v) is 7.12. The van der Waals surface area contributed by atoms with E-state index in [0.29, 0.717) is 5.92 Å². The van der Waals surface area contributed by atoms with Gasteiger partial charge in [-0.1, -0.05) is 32.9 Å². The van der Waals surface area contributed by atoms with E-state index in [1.807, 2.05) is 0 Å². The molecule has 1 saturated carbocycles. The number of rotatable bonds is 4. The molecule has 0 aromatic heterocycles. The highest BCUT2D eigenvalue weighted by Crippen LogP contribution is 2.39. The molecule has 0 aliphatic heterocycles. The average molecular weight is 297 g/mol. The Balaban J connectivity index is 1.95. The highest BCUT2D eigenvalue weighted by molar-refractivity contribution is 5.22. The van der Waals surface area contributed by atoms with Crippen LogP contribution in [-0.4, -0.2) is 12.7 Å². The van der Waals surface area contributed by atoms with Crippen LogP contribution >= 0.6 is 0 Å². The summed E-state index contributed by atoms with van der Waals surface area (Å²) < 4.78 is 32.8. The number of hydrogen-bond donors (Lipinski definition) is 1. The van der Waals surface area contributed by atoms with E-state index in [0.717, 1.165) is 18.9 Å². The van der Waals surface area contributed by atoms with Crippen LogP contribution in [0.5, 0.6) is 0 Å². The molecule has 0 radical (unpaired) electrons. The molecule has 1 aliphatic rings. The van der Waals surface area contributed by atoms with Gasteiger partial charge in [0.25, 0.3) is 0 Å². The molecule has 118 valence electrons. The van der Waals surface area contributed by atoms with Crippen LogP contribution in [0.2, 0.25) is 0 Å². The molecule has 0 heterocycles. The first-order chi connectivity index (χ1) is 9.78. The summed E-state index contributed by atoms with van der Waals surface area (Å²) in [4.78, 5) is 0. The van der Waals surface area contributed by atoms with E-state index in [-0.39, 0.29) is 23.7 Å². The molecule has 2 N–H and O–H groups in total. The first-order valence-corrected chi connectivity index (χ1v) is 7.59. The highest BCUT2D eigenvalue weighted by atomic mass is 19.2. The van der Waals surface area contributed by atoms with Crippen molar-refractivity contribution >= 4 is 0 Å². The van der Waals surface area contributed by atoms with Gasteiger partial charge in [0.2, 0.25) is 0 Å². The number of hydrogen-bond acceptors (Lipinski definition) is 2. The molecule has 0 bridgehead atoms. The lowest BCUT2D eigenvalue weighted by Gasteiger charge is -2.39. The second-order valence-electron chi connectivity index (χ2n) is 7.12. The van der Waals surface area contributed by atoms with Crippen molar-refractivity contribution in [1.82, 2.24) is 0 Å². The summed E-state index contributed by atoms with van der Waals surface area (Å²) >= 11 is 0. The van der Waals surface area contributed by atoms with E-state index in [1.54, 1.807) is 0 Å². The van der Waals surface area contributed by atoms with Gasteiger partial charge in [0, 0.05) is 5.56 Å². The van der Waals surface area contributed by atoms with Gasteiger partial charge in [0.15, 0.2) is 11.6 Å². The zero-order valence-corrected chi connectivity index (χ0v) is 13.0. The Kier molecular flexibility index (Phi) is 4.99. The van der Waals surface area contributed by atoms with Gasteiger partial charge in [0.1, 0.15) is 0 Å². The summed E-state index contributed by atoms with van der Waals surface area (Å²) in [6, 6.07) is 3.44. The Morgan fingerprint density at radius 1 is 1.33 bits per heavy atom. The minimum absolute atomic E-state index is 0.145. The molecule has 4 heteroatoms. The van der Waals surface area contributed by atoms with Crippen LogP contribution in [0.15, 0.2) is 18.2 Å². The van der Waals surface area contributed by atoms with Gasteiger partial charge in [-0.2, -0.15) is 0 Å². The second kappa shape index (κ2) is 6.41. The smallest absolute Gasteiger partial charge is 0.163 e. The third-order valence-corrected chi connectivity index (χ3v) is 4.24. The minimum atomic E-state index is -0.869. The van der Waals surface area contributed by atoms with Crippen molar-refractivity contribution in [2.75, 3.05) is 6.61 Å². The van der Waals surface area contributed by atoms with Crippen LogP contribution < -0.4 is 5.73 Å². The molecular formula is C17H25F2NO. The normalized spacial score (nSPS) is 26.6. The van der Waals surface area contributed by atoms with Crippen molar-refractivity contribution in [1.29, 1.82) is 0 Å². The third kappa shape index (κ3) is 4.24. The van der Waals surface area contributed by atoms with Gasteiger partial charge in [-0.05, 0) is 36.7 Å². The van der Waals surface area contributed by atoms with Gasteiger partial charge in [-0.3, -0.25) is 0 Å². The standard InChI is InChI=1S/C17H25F2NO/c1-11-7-12(9-17(2,3)8-11)21-10-15(20)13-5-4-6-14(18)16(13)19/h4-6,11-12,15H,7-10,20H2,1-3H3. The summed E-state index contributed by atoms with van der Waals surface area (Å²) in [5, 5.41) is 0. The summed E-state index contributed by atoms with van der Waals surface area (Å²) in [7, 11) is 0. The zero-order valence-electron chi connectivity index (χ0n) is 13.0. The first-order valence-electron chi connectivity index (χ1n) is 7.59. The maximum Gasteiger partial charge on any atom is 0.163 e. The Bertz CT molecular complexity index is 490. The van der Waals surface area contributed by atoms with Gasteiger partial charge >= 0.3 is 0 Å². The van der Waals surface area contributed by atoms with E-state index in [4.69, 9.17) is 10.5 Å². The largest absolute Gasteiger partial charge is 0.376 e. The SMILES string of the molecule is CC1CC(OCC(N)c2cccc(F)c2F)CC(C)(C)C1. The fourth-order valence-corrected chi connectivity index (χ4v) is 3.52. The Labute approximate surface area is 125 Å². The van der Waals surface area contributed by atoms with E-state index in [9.17, 15) is 8.78 Å². The van der Waals surface area contributed by atoms with Gasteiger partial charge < -0.3 is 10.5 Å². The molecule has 3 atom stereocenters. The quantitative estimate of drug-likeness (QED) is 0.904. The molecule has 0 spiro atoms. The van der Waals surface area contributed by atoms with Gasteiger partial charge in [0.05, 0.1) is 18.8 Å². The molecule has 21 heavy (non-hydrogen) atoms. The summed E-state index contributed by atoms with van der Waals surface area (Å²) in [5.41, 5.74) is 6.39. The van der Waals surface area contributed by atoms with Crippen LogP contribution in [-0.2, 0) is 4.74 Å². The lowest BCUT2D eigenvalue weighted by Crippen LogP contribution is -2.34. The number of nitrogens with two attached hydrogens (primary N) is 1. The summed E-state index contributed by atoms with van der Waals surface area (Å²) in [6.07, 6.45) is 3.32. The van der Waals surface area contributed by atoms with Crippen molar-refractivity contribution in [3.63, 3.8) is 0 Å². The molecule has 1 aromatic rings. The van der Waals surface area contributed by atoms with E-state index in [2.05, 4.69) is 20.8 Å². The lowest BCUT2D eigenvalue weighted by atomic mass is 9.71. The number of halogens is 2. The molecule has 2 nitrogen and oxygen atoms in total. The monoisotopic (exact) mass is 297 g/mol. The summed E-state index contributed by atoms with van der Waals surface area (Å²) in [6.45, 7) is 6.92. The number of ether oxygens (including phenoxy) is 1. The molecule has 0 saturated heterocycles. The third-order valence-electron chi connectivity index (χ3n) is 4.24. The Morgan fingerprint density at radius 3 is 2.71 bits per heavy atom. The zero-order chi connectivity index (χ0) is 15.6. The first kappa shape index (κ1) is 16.4. The molecule has 1 aliphatic carbocycles. The fourth-order valence-electron chi connectivity index (χ4n) is 3.52. The molecule has 0 amide bonds. The van der Waals surface area contributed by atoms with Crippen LogP contribution in [0.3, 0.4) is 0 Å². The molecule has 2 rings (SSSR count). The highest BCUT2D eigenvalue weighted by Gasteiger charge is 2.32. The van der Waals surface area contributed by atoms with E-state index in [1.165, 1.54) is 18.6 Å². The Morgan fingerprint density at radius 2 is 2.05 bits per heavy atom. The van der Waals surface area contributed by atoms with Crippen molar-refractivity contribution in [2.45, 2.75) is 52.2 Å². The van der Waals surface area contributed by atoms with Crippen LogP contribution in [0.25, 0.3) is 0 Å². The van der Waals surface area contributed by atoms with Crippen molar-refractivity contribution < 1.29 is 13.5 Å². The summed E-state index contributed by atoms with van der Waals surface area (Å²) in [5.74, 6) is -1.12. The van der Waals surface area contributed by atoms with Crippen LogP contribution in [0, 0.1) is 23.0 Å². The van der Waals surface area contributed by atoms with Gasteiger partial charge in [-0.25, -0.2) is 8.78 Å². The van der Waals surface area contributed by atoms with E-state index < -0.39 is 17.7 Å². The molecule has 1 aromatic carbocycles. The maximum absolute atomic E-state index is 13.7. The van der Waals surface area contributed by atoms with Crippen molar-refractivity contribution in [3.8, 4) is 0 Å². The average Bonchev–Trinajstić information content (AvgIpc) is 2.37. The molecular weight excluding hydrogens is 272 g/mol. The predicted molar refractivity (Wildman–Crippen MR) is 79.8 cm³/mol. The van der Waals surface area contributed by atoms with Crippen molar-refractivity contribution in [3.05, 3.63) is 35.4 Å². The van der Waals surface area contributed by atoms with E-state index >= 15 is 0 Å².